The number of carbonyl (C=O) groups excluding carboxylic acids is 1. The molecule has 7 heteroatoms. The van der Waals surface area contributed by atoms with Crippen molar-refractivity contribution in [2.45, 2.75) is 31.8 Å². The van der Waals surface area contributed by atoms with Crippen molar-refractivity contribution in [3.05, 3.63) is 58.2 Å². The minimum absolute atomic E-state index is 0.106. The summed E-state index contributed by atoms with van der Waals surface area (Å²) in [6.07, 6.45) is 3.30. The van der Waals surface area contributed by atoms with Gasteiger partial charge in [0.15, 0.2) is 0 Å². The first-order chi connectivity index (χ1) is 14.5. The molecule has 0 saturated carbocycles. The lowest BCUT2D eigenvalue weighted by molar-refractivity contribution is -0.135. The molecule has 1 unspecified atom stereocenters. The molecule has 160 valence electrons. The number of rotatable bonds is 5. The Hall–Kier alpha value is -1.82. The average Bonchev–Trinajstić information content (AvgIpc) is 3.21. The van der Waals surface area contributed by atoms with Gasteiger partial charge in [-0.1, -0.05) is 35.3 Å². The van der Waals surface area contributed by atoms with E-state index in [0.717, 1.165) is 25.9 Å². The number of benzene rings is 1. The van der Waals surface area contributed by atoms with E-state index in [1.54, 1.807) is 18.3 Å². The molecule has 1 aromatic carbocycles. The Kier molecular flexibility index (Phi) is 6.81. The molecule has 3 atom stereocenters. The quantitative estimate of drug-likeness (QED) is 0.737. The molecule has 4 rings (SSSR count). The van der Waals surface area contributed by atoms with Crippen molar-refractivity contribution < 1.29 is 9.53 Å². The van der Waals surface area contributed by atoms with E-state index in [1.807, 2.05) is 17.0 Å². The molecule has 5 nitrogen and oxygen atoms in total. The molecule has 2 aliphatic rings. The summed E-state index contributed by atoms with van der Waals surface area (Å²) < 4.78 is 6.16. The summed E-state index contributed by atoms with van der Waals surface area (Å²) in [5, 5.41) is 4.63. The van der Waals surface area contributed by atoms with E-state index < -0.39 is 0 Å². The van der Waals surface area contributed by atoms with Gasteiger partial charge in [-0.2, -0.15) is 0 Å². The second kappa shape index (κ2) is 9.54. The third-order valence-electron chi connectivity index (χ3n) is 6.27. The zero-order valence-corrected chi connectivity index (χ0v) is 18.6. The van der Waals surface area contributed by atoms with Crippen LogP contribution in [0.5, 0.6) is 5.88 Å². The summed E-state index contributed by atoms with van der Waals surface area (Å²) in [5.74, 6) is 1.29. The van der Waals surface area contributed by atoms with Gasteiger partial charge in [-0.25, -0.2) is 4.98 Å². The molecule has 2 aromatic rings. The number of hydrogen-bond donors (Lipinski definition) is 1. The first-order valence-corrected chi connectivity index (χ1v) is 11.3. The SMILES string of the molecule is C[C@H](Oc1ccc(Cl)cn1)[C@H]1CN(C(=O)C2CCNCC2)CC1c1ccc(Cl)cc1. The standard InChI is InChI=1S/C23H27Cl2N3O2/c1-15(30-22-7-6-19(25)12-27-22)20-13-28(23(29)17-8-10-26-11-9-17)14-21(20)16-2-4-18(24)5-3-16/h2-7,12,15,17,20-21,26H,8-11,13-14H2,1H3/t15-,20+,21?/m0/s1. The van der Waals surface area contributed by atoms with Gasteiger partial charge in [0.05, 0.1) is 5.02 Å². The number of nitrogens with zero attached hydrogens (tertiary/aromatic N) is 2. The predicted octanol–water partition coefficient (Wildman–Crippen LogP) is 4.40. The summed E-state index contributed by atoms with van der Waals surface area (Å²) in [6, 6.07) is 11.5. The van der Waals surface area contributed by atoms with Crippen molar-refractivity contribution >= 4 is 29.1 Å². The molecule has 1 aromatic heterocycles. The average molecular weight is 448 g/mol. The molecule has 1 amide bonds. The first kappa shape index (κ1) is 21.4. The molecule has 1 N–H and O–H groups in total. The number of pyridine rings is 1. The Morgan fingerprint density at radius 1 is 1.10 bits per heavy atom. The van der Waals surface area contributed by atoms with E-state index in [9.17, 15) is 4.79 Å². The highest BCUT2D eigenvalue weighted by atomic mass is 35.5. The van der Waals surface area contributed by atoms with Gasteiger partial charge in [0.1, 0.15) is 6.10 Å². The topological polar surface area (TPSA) is 54.5 Å². The number of halogens is 2. The van der Waals surface area contributed by atoms with E-state index in [-0.39, 0.29) is 29.8 Å². The Balaban J connectivity index is 1.53. The zero-order chi connectivity index (χ0) is 21.1. The predicted molar refractivity (Wildman–Crippen MR) is 119 cm³/mol. The third-order valence-corrected chi connectivity index (χ3v) is 6.75. The maximum atomic E-state index is 13.2. The summed E-state index contributed by atoms with van der Waals surface area (Å²) in [6.45, 7) is 5.27. The van der Waals surface area contributed by atoms with Gasteiger partial charge in [0.25, 0.3) is 0 Å². The van der Waals surface area contributed by atoms with Crippen molar-refractivity contribution in [1.29, 1.82) is 0 Å². The van der Waals surface area contributed by atoms with Crippen LogP contribution >= 0.6 is 23.2 Å². The second-order valence-electron chi connectivity index (χ2n) is 8.23. The van der Waals surface area contributed by atoms with Crippen LogP contribution in [-0.2, 0) is 4.79 Å². The van der Waals surface area contributed by atoms with Crippen LogP contribution < -0.4 is 10.1 Å². The molecule has 0 radical (unpaired) electrons. The molecular formula is C23H27Cl2N3O2. The fourth-order valence-electron chi connectivity index (χ4n) is 4.58. The summed E-state index contributed by atoms with van der Waals surface area (Å²) >= 11 is 12.0. The molecule has 0 aliphatic carbocycles. The Morgan fingerprint density at radius 3 is 2.47 bits per heavy atom. The first-order valence-electron chi connectivity index (χ1n) is 10.5. The van der Waals surface area contributed by atoms with Crippen LogP contribution in [0.2, 0.25) is 10.0 Å². The summed E-state index contributed by atoms with van der Waals surface area (Å²) in [7, 11) is 0. The van der Waals surface area contributed by atoms with Crippen molar-refractivity contribution in [3.63, 3.8) is 0 Å². The van der Waals surface area contributed by atoms with Gasteiger partial charge >= 0.3 is 0 Å². The smallest absolute Gasteiger partial charge is 0.225 e. The van der Waals surface area contributed by atoms with Gasteiger partial charge in [-0.3, -0.25) is 4.79 Å². The Morgan fingerprint density at radius 2 is 1.80 bits per heavy atom. The molecule has 0 spiro atoms. The largest absolute Gasteiger partial charge is 0.474 e. The van der Waals surface area contributed by atoms with Crippen LogP contribution in [-0.4, -0.2) is 48.1 Å². The van der Waals surface area contributed by atoms with E-state index in [0.29, 0.717) is 29.0 Å². The van der Waals surface area contributed by atoms with E-state index >= 15 is 0 Å². The van der Waals surface area contributed by atoms with Crippen LogP contribution in [0.1, 0.15) is 31.2 Å². The molecule has 30 heavy (non-hydrogen) atoms. The van der Waals surface area contributed by atoms with Crippen molar-refractivity contribution in [1.82, 2.24) is 15.2 Å². The lowest BCUT2D eigenvalue weighted by atomic mass is 9.86. The minimum Gasteiger partial charge on any atom is -0.474 e. The van der Waals surface area contributed by atoms with Crippen LogP contribution in [0.4, 0.5) is 0 Å². The monoisotopic (exact) mass is 447 g/mol. The molecule has 2 aliphatic heterocycles. The van der Waals surface area contributed by atoms with E-state index in [1.165, 1.54) is 5.56 Å². The fourth-order valence-corrected chi connectivity index (χ4v) is 4.82. The number of aromatic nitrogens is 1. The normalized spacial score (nSPS) is 23.4. The molecule has 0 bridgehead atoms. The molecular weight excluding hydrogens is 421 g/mol. The number of amides is 1. The number of carbonyl (C=O) groups is 1. The Labute approximate surface area is 187 Å². The van der Waals surface area contributed by atoms with Gasteiger partial charge < -0.3 is 15.0 Å². The van der Waals surface area contributed by atoms with E-state index in [2.05, 4.69) is 29.4 Å². The third kappa shape index (κ3) is 4.90. The maximum absolute atomic E-state index is 13.2. The molecule has 3 heterocycles. The lowest BCUT2D eigenvalue weighted by Gasteiger charge is -2.27. The fraction of sp³-hybridized carbons (Fsp3) is 0.478. The summed E-state index contributed by atoms with van der Waals surface area (Å²) in [5.41, 5.74) is 1.18. The number of hydrogen-bond acceptors (Lipinski definition) is 4. The van der Waals surface area contributed by atoms with Crippen LogP contribution in [0.25, 0.3) is 0 Å². The second-order valence-corrected chi connectivity index (χ2v) is 9.10. The molecule has 2 fully saturated rings. The maximum Gasteiger partial charge on any atom is 0.225 e. The van der Waals surface area contributed by atoms with Gasteiger partial charge in [0, 0.05) is 48.1 Å². The zero-order valence-electron chi connectivity index (χ0n) is 17.1. The highest BCUT2D eigenvalue weighted by Crippen LogP contribution is 2.37. The van der Waals surface area contributed by atoms with Gasteiger partial charge in [0.2, 0.25) is 11.8 Å². The number of nitrogens with one attached hydrogen (secondary N) is 1. The van der Waals surface area contributed by atoms with Crippen LogP contribution in [0, 0.1) is 11.8 Å². The van der Waals surface area contributed by atoms with Crippen molar-refractivity contribution in [3.8, 4) is 5.88 Å². The lowest BCUT2D eigenvalue weighted by Crippen LogP contribution is -2.40. The number of likely N-dealkylation sites (tertiary alicyclic amines) is 1. The van der Waals surface area contributed by atoms with Crippen molar-refractivity contribution in [2.24, 2.45) is 11.8 Å². The summed E-state index contributed by atoms with van der Waals surface area (Å²) in [4.78, 5) is 19.5. The molecule has 2 saturated heterocycles. The van der Waals surface area contributed by atoms with Crippen LogP contribution in [0.3, 0.4) is 0 Å². The number of piperidine rings is 1. The minimum atomic E-state index is -0.106. The van der Waals surface area contributed by atoms with E-state index in [4.69, 9.17) is 27.9 Å². The highest BCUT2D eigenvalue weighted by molar-refractivity contribution is 6.30. The van der Waals surface area contributed by atoms with Gasteiger partial charge in [-0.15, -0.1) is 0 Å². The van der Waals surface area contributed by atoms with Gasteiger partial charge in [-0.05, 0) is 56.6 Å². The van der Waals surface area contributed by atoms with Crippen molar-refractivity contribution in [2.75, 3.05) is 26.2 Å². The highest BCUT2D eigenvalue weighted by Gasteiger charge is 2.41. The Bertz CT molecular complexity index is 854. The van der Waals surface area contributed by atoms with Crippen LogP contribution in [0.15, 0.2) is 42.6 Å². The number of ether oxygens (including phenoxy) is 1.